The first-order valence-electron chi connectivity index (χ1n) is 12.0. The molecule has 162 valence electrons. The smallest absolute Gasteiger partial charge is 0.0352 e. The molecular formula is C28H41ClHg. The van der Waals surface area contributed by atoms with E-state index in [1.807, 2.05) is 0 Å². The summed E-state index contributed by atoms with van der Waals surface area (Å²) >= 11 is -1.29. The van der Waals surface area contributed by atoms with E-state index >= 15 is 0 Å². The summed E-state index contributed by atoms with van der Waals surface area (Å²) in [6, 6.07) is 9.02. The zero-order valence-electron chi connectivity index (χ0n) is 19.4. The van der Waals surface area contributed by atoms with Crippen LogP contribution in [0.5, 0.6) is 0 Å². The van der Waals surface area contributed by atoms with Crippen LogP contribution in [0.2, 0.25) is 0 Å². The van der Waals surface area contributed by atoms with Crippen LogP contribution in [0.15, 0.2) is 24.3 Å². The molecule has 0 aliphatic rings. The first-order chi connectivity index (χ1) is 14.5. The van der Waals surface area contributed by atoms with Gasteiger partial charge in [-0.25, -0.2) is 0 Å². The minimum atomic E-state index is -1.29. The van der Waals surface area contributed by atoms with Gasteiger partial charge in [0.2, 0.25) is 0 Å². The molecule has 0 spiro atoms. The van der Waals surface area contributed by atoms with Gasteiger partial charge in [0.25, 0.3) is 0 Å². The Hall–Kier alpha value is 0.445. The van der Waals surface area contributed by atoms with E-state index < -0.39 is 23.3 Å². The zero-order chi connectivity index (χ0) is 22.4. The normalized spacial score (nSPS) is 16.5. The molecule has 0 nitrogen and oxygen atoms in total. The van der Waals surface area contributed by atoms with Crippen molar-refractivity contribution in [3.63, 3.8) is 0 Å². The van der Waals surface area contributed by atoms with Crippen LogP contribution in [-0.4, -0.2) is 0 Å². The van der Waals surface area contributed by atoms with Gasteiger partial charge in [-0.3, -0.25) is 0 Å². The molecule has 0 aliphatic heterocycles. The van der Waals surface area contributed by atoms with E-state index in [1.54, 1.807) is 0 Å². The molecule has 0 amide bonds. The van der Waals surface area contributed by atoms with E-state index in [4.69, 9.17) is 35.9 Å². The van der Waals surface area contributed by atoms with Gasteiger partial charge in [0.15, 0.2) is 0 Å². The number of aryl methyl sites for hydroxylation is 1. The molecule has 1 aromatic rings. The van der Waals surface area contributed by atoms with Crippen molar-refractivity contribution in [1.29, 1.82) is 0 Å². The molecule has 0 saturated carbocycles. The van der Waals surface area contributed by atoms with Gasteiger partial charge in [-0.2, -0.15) is 0 Å². The molecule has 0 fully saturated rings. The molecule has 0 N–H and O–H groups in total. The summed E-state index contributed by atoms with van der Waals surface area (Å²) in [5.41, 5.74) is 1.42. The summed E-state index contributed by atoms with van der Waals surface area (Å²) < 4.78 is 1.40. The molecule has 2 heteroatoms. The molecule has 30 heavy (non-hydrogen) atoms. The summed E-state index contributed by atoms with van der Waals surface area (Å²) in [7, 11) is 6.15. The number of rotatable bonds is 17. The Kier molecular flexibility index (Phi) is 16.1. The Morgan fingerprint density at radius 2 is 1.17 bits per heavy atom. The van der Waals surface area contributed by atoms with Crippen molar-refractivity contribution in [2.45, 2.75) is 84.5 Å². The minimum Gasteiger partial charge on any atom is -0.0352 e. The zero-order valence-corrected chi connectivity index (χ0v) is 25.6. The van der Waals surface area contributed by atoms with Crippen molar-refractivity contribution in [2.24, 2.45) is 29.6 Å². The molecule has 8 radical (unpaired) electrons. The van der Waals surface area contributed by atoms with E-state index in [-0.39, 0.29) is 0 Å². The molecule has 0 bridgehead atoms. The average Bonchev–Trinajstić information content (AvgIpc) is 2.75. The summed E-state index contributed by atoms with van der Waals surface area (Å²) in [6.45, 7) is 28.7. The third kappa shape index (κ3) is 9.93. The van der Waals surface area contributed by atoms with Gasteiger partial charge in [-0.1, -0.05) is 0 Å². The van der Waals surface area contributed by atoms with Crippen LogP contribution >= 0.6 is 8.25 Å². The van der Waals surface area contributed by atoms with Gasteiger partial charge in [-0.15, -0.1) is 0 Å². The van der Waals surface area contributed by atoms with E-state index in [2.05, 4.69) is 38.1 Å². The van der Waals surface area contributed by atoms with Gasteiger partial charge in [0.1, 0.15) is 0 Å². The average molecular weight is 614 g/mol. The predicted octanol–water partition coefficient (Wildman–Crippen LogP) is 7.96. The fourth-order valence-corrected chi connectivity index (χ4v) is 8.43. The number of hydrogen-bond donors (Lipinski definition) is 0. The molecular weight excluding hydrogens is 572 g/mol. The summed E-state index contributed by atoms with van der Waals surface area (Å²) in [5, 5.41) is 0. The maximum absolute atomic E-state index is 6.15. The summed E-state index contributed by atoms with van der Waals surface area (Å²) in [4.78, 5) is 0. The van der Waals surface area contributed by atoms with Crippen LogP contribution in [0, 0.1) is 57.3 Å². The van der Waals surface area contributed by atoms with Crippen molar-refractivity contribution in [3.05, 3.63) is 57.5 Å². The summed E-state index contributed by atoms with van der Waals surface area (Å²) in [6.07, 6.45) is 10.8. The number of halogens is 1. The van der Waals surface area contributed by atoms with Crippen molar-refractivity contribution < 1.29 is 23.3 Å². The molecule has 0 aliphatic carbocycles. The second-order valence-electron chi connectivity index (χ2n) is 9.10. The maximum atomic E-state index is 6.15. The second-order valence-corrected chi connectivity index (χ2v) is 15.7. The van der Waals surface area contributed by atoms with Crippen molar-refractivity contribution in [1.82, 2.24) is 0 Å². The molecule has 4 atom stereocenters. The van der Waals surface area contributed by atoms with E-state index in [0.717, 1.165) is 57.8 Å². The second kappa shape index (κ2) is 17.0. The number of benzene rings is 1. The monoisotopic (exact) mass is 614 g/mol. The van der Waals surface area contributed by atoms with Crippen LogP contribution in [0.4, 0.5) is 0 Å². The van der Waals surface area contributed by atoms with Crippen LogP contribution < -0.4 is 3.07 Å². The third-order valence-corrected chi connectivity index (χ3v) is 12.7. The Morgan fingerprint density at radius 1 is 0.700 bits per heavy atom. The van der Waals surface area contributed by atoms with Gasteiger partial charge >= 0.3 is 192 Å². The molecule has 1 aromatic carbocycles. The van der Waals surface area contributed by atoms with Gasteiger partial charge < -0.3 is 0 Å². The molecule has 0 aromatic heterocycles. The standard InChI is InChI=1S/C28H41.ClH.Hg/c1-7-15-23(5)26(17-9-3)28(27(18-10-4)24(6)16-8-2)22-14-21-25-19-12-11-13-20-25;;/h1-4,12-13,19-20,23-24,26-28H,7-10,14-18,21-22H2,5-6H3;1H;/q;;+1/p-1. The molecule has 0 saturated heterocycles. The van der Waals surface area contributed by atoms with Crippen molar-refractivity contribution >= 4 is 11.3 Å². The van der Waals surface area contributed by atoms with Gasteiger partial charge in [0.05, 0.1) is 0 Å². The summed E-state index contributed by atoms with van der Waals surface area (Å²) in [5.74, 6) is 3.00. The van der Waals surface area contributed by atoms with E-state index in [1.165, 1.54) is 21.5 Å². The van der Waals surface area contributed by atoms with Crippen LogP contribution in [-0.2, 0) is 29.8 Å². The van der Waals surface area contributed by atoms with E-state index in [9.17, 15) is 0 Å². The quantitative estimate of drug-likeness (QED) is 0.157. The van der Waals surface area contributed by atoms with Gasteiger partial charge in [-0.05, 0) is 13.8 Å². The Bertz CT molecular complexity index is 504. The topological polar surface area (TPSA) is 0 Å². The molecule has 1 rings (SSSR count). The Morgan fingerprint density at radius 3 is 1.57 bits per heavy atom. The van der Waals surface area contributed by atoms with Crippen molar-refractivity contribution in [2.75, 3.05) is 0 Å². The van der Waals surface area contributed by atoms with Gasteiger partial charge in [0, 0.05) is 0 Å². The van der Waals surface area contributed by atoms with Crippen LogP contribution in [0.25, 0.3) is 0 Å². The molecule has 0 heterocycles. The third-order valence-electron chi connectivity index (χ3n) is 6.99. The first kappa shape index (κ1) is 28.5. The minimum absolute atomic E-state index is 0.588. The van der Waals surface area contributed by atoms with E-state index in [0.29, 0.717) is 29.6 Å². The fourth-order valence-electron chi connectivity index (χ4n) is 5.26. The SMILES string of the molecule is [CH]CCC(C)C(CC[CH])C(CCCc1cc[c]([Hg][Cl])cc1)C(CC[CH])C(C)CC[CH]. The van der Waals surface area contributed by atoms with Crippen molar-refractivity contribution in [3.8, 4) is 0 Å². The predicted molar refractivity (Wildman–Crippen MR) is 128 cm³/mol. The number of hydrogen-bond acceptors (Lipinski definition) is 0. The first-order valence-corrected chi connectivity index (χ1v) is 21.5. The molecule has 4 unspecified atom stereocenters. The Labute approximate surface area is 205 Å². The fraction of sp³-hybridized carbons (Fsp3) is 0.643. The van der Waals surface area contributed by atoms with Crippen LogP contribution in [0.1, 0.15) is 83.6 Å². The van der Waals surface area contributed by atoms with Crippen LogP contribution in [0.3, 0.4) is 0 Å². The Balaban J connectivity index is 2.99.